The van der Waals surface area contributed by atoms with Crippen LogP contribution in [0.25, 0.3) is 0 Å². The molecule has 0 unspecified atom stereocenters. The molecule has 2 fully saturated rings. The van der Waals surface area contributed by atoms with Gasteiger partial charge in [-0.25, -0.2) is 14.4 Å². The van der Waals surface area contributed by atoms with Crippen molar-refractivity contribution >= 4 is 17.9 Å². The molecule has 9 atom stereocenters. The van der Waals surface area contributed by atoms with E-state index in [2.05, 4.69) is 0 Å². The first kappa shape index (κ1) is 19.5. The van der Waals surface area contributed by atoms with E-state index in [4.69, 9.17) is 19.7 Å². The van der Waals surface area contributed by atoms with Gasteiger partial charge in [0.05, 0.1) is 0 Å². The lowest BCUT2D eigenvalue weighted by molar-refractivity contribution is -0.277. The summed E-state index contributed by atoms with van der Waals surface area (Å²) >= 11 is 0. The van der Waals surface area contributed by atoms with Crippen LogP contribution in [-0.2, 0) is 23.9 Å². The maximum absolute atomic E-state index is 11.7. The maximum Gasteiger partial charge on any atom is 0.341 e. The first-order chi connectivity index (χ1) is 11.5. The van der Waals surface area contributed by atoms with Crippen molar-refractivity contribution in [1.82, 2.24) is 0 Å². The minimum atomic E-state index is -3.11. The average molecular weight is 368 g/mol. The molecule has 2 rings (SSSR count). The molecule has 142 valence electrons. The normalized spacial score (nSPS) is 47.4. The highest BCUT2D eigenvalue weighted by Gasteiger charge is 2.69. The molecule has 13 nitrogen and oxygen atoms in total. The molecule has 2 aliphatic heterocycles. The number of aliphatic hydroxyl groups is 5. The van der Waals surface area contributed by atoms with E-state index in [-0.39, 0.29) is 0 Å². The smallest absolute Gasteiger partial charge is 0.341 e. The summed E-state index contributed by atoms with van der Waals surface area (Å²) in [6.07, 6.45) is -18.1. The van der Waals surface area contributed by atoms with E-state index in [0.717, 1.165) is 0 Å². The molecule has 0 saturated carbocycles. The Balaban J connectivity index is 2.51. The molecule has 13 heteroatoms. The van der Waals surface area contributed by atoms with Gasteiger partial charge in [-0.05, 0) is 0 Å². The van der Waals surface area contributed by atoms with Crippen LogP contribution in [0.15, 0.2) is 0 Å². The summed E-state index contributed by atoms with van der Waals surface area (Å²) in [6.45, 7) is 0. The summed E-state index contributed by atoms with van der Waals surface area (Å²) in [7, 11) is 0. The molecular weight excluding hydrogens is 352 g/mol. The second kappa shape index (κ2) is 6.45. The van der Waals surface area contributed by atoms with Gasteiger partial charge in [0.2, 0.25) is 5.60 Å². The van der Waals surface area contributed by atoms with Gasteiger partial charge in [-0.1, -0.05) is 0 Å². The molecule has 0 aliphatic carbocycles. The SMILES string of the molecule is O=C(O)[C@H]1O[C@@](C(=O)O)([C@H]2O[C@H](C(=O)O)[C@@H](O)[C@H](O)[C@H]2O)[C@@H](O)[C@@H]1O. The Kier molecular flexibility index (Phi) is 5.02. The van der Waals surface area contributed by atoms with Gasteiger partial charge in [0.25, 0.3) is 0 Å². The number of ether oxygens (including phenoxy) is 2. The lowest BCUT2D eigenvalue weighted by atomic mass is 9.81. The lowest BCUT2D eigenvalue weighted by Gasteiger charge is -2.45. The third-order valence-electron chi connectivity index (χ3n) is 4.25. The van der Waals surface area contributed by atoms with E-state index in [1.165, 1.54) is 0 Å². The molecule has 2 aliphatic rings. The van der Waals surface area contributed by atoms with Gasteiger partial charge in [0.15, 0.2) is 12.2 Å². The van der Waals surface area contributed by atoms with Gasteiger partial charge >= 0.3 is 17.9 Å². The number of carbonyl (C=O) groups is 3. The second-order valence-corrected chi connectivity index (χ2v) is 5.70. The highest BCUT2D eigenvalue weighted by Crippen LogP contribution is 2.40. The molecule has 0 bridgehead atoms. The van der Waals surface area contributed by atoms with Crippen LogP contribution in [0.2, 0.25) is 0 Å². The molecule has 0 radical (unpaired) electrons. The predicted molar refractivity (Wildman–Crippen MR) is 69.2 cm³/mol. The summed E-state index contributed by atoms with van der Waals surface area (Å²) in [5.74, 6) is -5.75. The van der Waals surface area contributed by atoms with Gasteiger partial charge in [0, 0.05) is 0 Å². The van der Waals surface area contributed by atoms with Gasteiger partial charge < -0.3 is 50.3 Å². The predicted octanol–water partition coefficient (Wildman–Crippen LogP) is -5.05. The monoisotopic (exact) mass is 368 g/mol. The molecule has 2 heterocycles. The molecule has 0 amide bonds. The van der Waals surface area contributed by atoms with Crippen LogP contribution < -0.4 is 0 Å². The average Bonchev–Trinajstić information content (AvgIpc) is 2.79. The standard InChI is InChI=1S/C12H16O13/c13-1-2(14)5(9(18)19)24-8(3(1)15)12(11(22)23)7(17)4(16)6(25-12)10(20)21/h1-8,13-17H,(H,18,19)(H,20,21)(H,22,23)/t1-,2-,3+,4+,5-,6-,7-,8-,12+/m0/s1. The fourth-order valence-corrected chi connectivity index (χ4v) is 2.94. The Morgan fingerprint density at radius 1 is 0.720 bits per heavy atom. The van der Waals surface area contributed by atoms with Crippen molar-refractivity contribution in [2.45, 2.75) is 54.4 Å². The van der Waals surface area contributed by atoms with Crippen LogP contribution in [0, 0.1) is 0 Å². The third-order valence-corrected chi connectivity index (χ3v) is 4.25. The van der Waals surface area contributed by atoms with Gasteiger partial charge in [-0.15, -0.1) is 0 Å². The van der Waals surface area contributed by atoms with Gasteiger partial charge in [0.1, 0.15) is 36.6 Å². The number of carboxylic acids is 3. The quantitative estimate of drug-likeness (QED) is 0.232. The number of hydrogen-bond acceptors (Lipinski definition) is 10. The largest absolute Gasteiger partial charge is 0.479 e. The Hall–Kier alpha value is -1.87. The van der Waals surface area contributed by atoms with Crippen LogP contribution in [0.5, 0.6) is 0 Å². The van der Waals surface area contributed by atoms with E-state index in [0.29, 0.717) is 0 Å². The zero-order chi connectivity index (χ0) is 19.3. The van der Waals surface area contributed by atoms with E-state index in [1.807, 2.05) is 0 Å². The van der Waals surface area contributed by atoms with E-state index >= 15 is 0 Å². The van der Waals surface area contributed by atoms with E-state index in [9.17, 15) is 45.0 Å². The summed E-state index contributed by atoms with van der Waals surface area (Å²) in [5.41, 5.74) is -3.11. The van der Waals surface area contributed by atoms with Gasteiger partial charge in [-0.3, -0.25) is 0 Å². The van der Waals surface area contributed by atoms with Crippen LogP contribution in [0.1, 0.15) is 0 Å². The fourth-order valence-electron chi connectivity index (χ4n) is 2.94. The van der Waals surface area contributed by atoms with Crippen molar-refractivity contribution in [3.05, 3.63) is 0 Å². The zero-order valence-electron chi connectivity index (χ0n) is 12.2. The Bertz CT molecular complexity index is 577. The van der Waals surface area contributed by atoms with Crippen molar-refractivity contribution in [3.63, 3.8) is 0 Å². The Morgan fingerprint density at radius 2 is 1.24 bits per heavy atom. The van der Waals surface area contributed by atoms with Crippen molar-refractivity contribution in [2.75, 3.05) is 0 Å². The minimum Gasteiger partial charge on any atom is -0.479 e. The van der Waals surface area contributed by atoms with E-state index < -0.39 is 72.3 Å². The van der Waals surface area contributed by atoms with Crippen molar-refractivity contribution in [2.24, 2.45) is 0 Å². The number of rotatable bonds is 4. The zero-order valence-corrected chi connectivity index (χ0v) is 12.2. The first-order valence-electron chi connectivity index (χ1n) is 6.89. The summed E-state index contributed by atoms with van der Waals surface area (Å²) in [4.78, 5) is 33.8. The van der Waals surface area contributed by atoms with Crippen LogP contribution in [-0.4, -0.2) is 113 Å². The highest BCUT2D eigenvalue weighted by atomic mass is 16.6. The first-order valence-corrected chi connectivity index (χ1v) is 6.89. The van der Waals surface area contributed by atoms with Crippen molar-refractivity contribution in [1.29, 1.82) is 0 Å². The van der Waals surface area contributed by atoms with Crippen molar-refractivity contribution in [3.8, 4) is 0 Å². The molecule has 8 N–H and O–H groups in total. The summed E-state index contributed by atoms with van der Waals surface area (Å²) in [5, 5.41) is 76.5. The molecular formula is C12H16O13. The van der Waals surface area contributed by atoms with Crippen LogP contribution in [0.3, 0.4) is 0 Å². The topological polar surface area (TPSA) is 232 Å². The fraction of sp³-hybridized carbons (Fsp3) is 0.750. The van der Waals surface area contributed by atoms with E-state index in [1.54, 1.807) is 0 Å². The molecule has 0 spiro atoms. The number of hydrogen-bond donors (Lipinski definition) is 8. The molecule has 0 aromatic rings. The second-order valence-electron chi connectivity index (χ2n) is 5.70. The maximum atomic E-state index is 11.7. The Morgan fingerprint density at radius 3 is 1.64 bits per heavy atom. The van der Waals surface area contributed by atoms with Crippen molar-refractivity contribution < 1.29 is 64.7 Å². The molecule has 0 aromatic heterocycles. The minimum absolute atomic E-state index is 1.83. The number of aliphatic hydroxyl groups excluding tert-OH is 5. The molecule has 25 heavy (non-hydrogen) atoms. The summed E-state index contributed by atoms with van der Waals surface area (Å²) < 4.78 is 9.56. The molecule has 0 aromatic carbocycles. The lowest BCUT2D eigenvalue weighted by Crippen LogP contribution is -2.70. The van der Waals surface area contributed by atoms with Gasteiger partial charge in [-0.2, -0.15) is 0 Å². The van der Waals surface area contributed by atoms with Crippen LogP contribution >= 0.6 is 0 Å². The molecule has 2 saturated heterocycles. The van der Waals surface area contributed by atoms with Crippen LogP contribution in [0.4, 0.5) is 0 Å². The highest BCUT2D eigenvalue weighted by molar-refractivity contribution is 5.83. The Labute approximate surface area is 138 Å². The summed E-state index contributed by atoms with van der Waals surface area (Å²) in [6, 6.07) is 0. The number of aliphatic carboxylic acids is 3. The number of carboxylic acid groups (broad SMARTS) is 3. The third kappa shape index (κ3) is 2.75.